The van der Waals surface area contributed by atoms with Gasteiger partial charge in [-0.1, -0.05) is 40.0 Å². The van der Waals surface area contributed by atoms with Crippen LogP contribution < -0.4 is 0 Å². The molecule has 1 rings (SSSR count). The highest BCUT2D eigenvalue weighted by molar-refractivity contribution is 7.52. The molecule has 0 heterocycles. The number of hydrogen-bond donors (Lipinski definition) is 3. The van der Waals surface area contributed by atoms with Gasteiger partial charge < -0.3 is 28.3 Å². The van der Waals surface area contributed by atoms with Gasteiger partial charge in [0.15, 0.2) is 0 Å². The van der Waals surface area contributed by atoms with Crippen molar-refractivity contribution in [3.05, 3.63) is 33.4 Å². The predicted octanol–water partition coefficient (Wildman–Crippen LogP) is 7.12. The van der Waals surface area contributed by atoms with Crippen LogP contribution in [0.4, 0.5) is 0 Å². The summed E-state index contributed by atoms with van der Waals surface area (Å²) in [5.74, 6) is 0. The van der Waals surface area contributed by atoms with Crippen LogP contribution in [0, 0.1) is 20.8 Å². The van der Waals surface area contributed by atoms with Gasteiger partial charge in [0.1, 0.15) is 0 Å². The Balaban J connectivity index is 3.53. The maximum atomic E-state index is 12.9. The molecule has 3 atom stereocenters. The Morgan fingerprint density at radius 3 is 0.944 bits per heavy atom. The van der Waals surface area contributed by atoms with Crippen LogP contribution in [0.25, 0.3) is 0 Å². The van der Waals surface area contributed by atoms with E-state index in [1.807, 2.05) is 20.8 Å². The molecule has 3 unspecified atom stereocenters. The molecule has 0 aromatic heterocycles. The van der Waals surface area contributed by atoms with E-state index in [9.17, 15) is 28.4 Å². The van der Waals surface area contributed by atoms with Gasteiger partial charge in [0.25, 0.3) is 0 Å². The molecular weight excluding hydrogens is 525 g/mol. The molecule has 1 aromatic rings. The lowest BCUT2D eigenvalue weighted by atomic mass is 9.90. The van der Waals surface area contributed by atoms with E-state index in [1.54, 1.807) is 20.8 Å². The van der Waals surface area contributed by atoms with Crippen molar-refractivity contribution in [2.24, 2.45) is 0 Å². The predicted molar refractivity (Wildman–Crippen MR) is 144 cm³/mol. The number of unbranched alkanes of at least 4 members (excludes halogenated alkanes) is 3. The smallest absolute Gasteiger partial charge is 0.324 e. The van der Waals surface area contributed by atoms with Crippen LogP contribution in [-0.4, -0.2) is 34.5 Å². The number of rotatable bonds is 18. The minimum absolute atomic E-state index is 0.141. The van der Waals surface area contributed by atoms with Gasteiger partial charge in [-0.15, -0.1) is 0 Å². The first kappa shape index (κ1) is 33.7. The molecule has 0 aliphatic carbocycles. The molecule has 210 valence electrons. The molecule has 0 bridgehead atoms. The Hall–Kier alpha value is -0.330. The number of benzene rings is 1. The molecular formula is C24H45O9P3. The molecule has 0 spiro atoms. The van der Waals surface area contributed by atoms with E-state index >= 15 is 0 Å². The number of hydrogen-bond acceptors (Lipinski definition) is 6. The summed E-state index contributed by atoms with van der Waals surface area (Å²) in [6.07, 6.45) is 3.41. The monoisotopic (exact) mass is 570 g/mol. The second-order valence-corrected chi connectivity index (χ2v) is 14.8. The van der Waals surface area contributed by atoms with Crippen molar-refractivity contribution in [3.63, 3.8) is 0 Å². The first-order valence-corrected chi connectivity index (χ1v) is 18.0. The largest absolute Gasteiger partial charge is 0.332 e. The molecule has 12 heteroatoms. The molecule has 0 amide bonds. The summed E-state index contributed by atoms with van der Waals surface area (Å²) in [4.78, 5) is 31.6. The van der Waals surface area contributed by atoms with E-state index in [-0.39, 0.29) is 38.3 Å². The summed E-state index contributed by atoms with van der Waals surface area (Å²) in [5.41, 5.74) is 3.14. The molecule has 0 aliphatic heterocycles. The Bertz CT molecular complexity index is 849. The summed E-state index contributed by atoms with van der Waals surface area (Å²) in [5, 5.41) is 0. The highest BCUT2D eigenvalue weighted by Crippen LogP contribution is 2.53. The average Bonchev–Trinajstić information content (AvgIpc) is 2.78. The summed E-state index contributed by atoms with van der Waals surface area (Å²) in [6.45, 7) is 11.4. The van der Waals surface area contributed by atoms with Gasteiger partial charge in [-0.05, 0) is 73.4 Å². The highest BCUT2D eigenvalue weighted by Gasteiger charge is 2.31. The van der Waals surface area contributed by atoms with Gasteiger partial charge in [0.2, 0.25) is 0 Å². The van der Waals surface area contributed by atoms with Crippen LogP contribution in [0.1, 0.15) is 92.7 Å². The van der Waals surface area contributed by atoms with Crippen molar-refractivity contribution in [2.75, 3.05) is 19.8 Å². The van der Waals surface area contributed by atoms with Crippen molar-refractivity contribution in [3.8, 4) is 0 Å². The van der Waals surface area contributed by atoms with E-state index in [4.69, 9.17) is 13.6 Å². The minimum atomic E-state index is -4.02. The van der Waals surface area contributed by atoms with E-state index in [1.165, 1.54) is 0 Å². The Morgan fingerprint density at radius 1 is 0.528 bits per heavy atom. The van der Waals surface area contributed by atoms with E-state index in [0.29, 0.717) is 52.6 Å². The zero-order valence-corrected chi connectivity index (χ0v) is 25.3. The van der Waals surface area contributed by atoms with Crippen molar-refractivity contribution in [2.45, 2.75) is 98.6 Å². The molecule has 36 heavy (non-hydrogen) atoms. The molecule has 3 N–H and O–H groups in total. The maximum Gasteiger partial charge on any atom is 0.332 e. The van der Waals surface area contributed by atoms with Gasteiger partial charge in [-0.2, -0.15) is 0 Å². The molecule has 1 aromatic carbocycles. The molecule has 0 radical (unpaired) electrons. The maximum absolute atomic E-state index is 12.9. The highest BCUT2D eigenvalue weighted by atomic mass is 31.2. The SMILES string of the molecule is CCCCOP(=O)(O)Cc1c(C)c(CP(=O)(O)OCCCC)c(C)c(CP(=O)(O)OCCCC)c1C. The lowest BCUT2D eigenvalue weighted by Crippen LogP contribution is -2.11. The fourth-order valence-electron chi connectivity index (χ4n) is 3.89. The van der Waals surface area contributed by atoms with Gasteiger partial charge in [-0.3, -0.25) is 13.7 Å². The van der Waals surface area contributed by atoms with Crippen LogP contribution in [0.2, 0.25) is 0 Å². The molecule has 0 aliphatic rings. The van der Waals surface area contributed by atoms with Crippen LogP contribution >= 0.6 is 22.8 Å². The molecule has 0 saturated heterocycles. The Labute approximate surface area is 216 Å². The lowest BCUT2D eigenvalue weighted by molar-refractivity contribution is 0.253. The van der Waals surface area contributed by atoms with Crippen LogP contribution in [0.3, 0.4) is 0 Å². The van der Waals surface area contributed by atoms with Gasteiger partial charge in [0, 0.05) is 0 Å². The van der Waals surface area contributed by atoms with Crippen molar-refractivity contribution >= 4 is 22.8 Å². The van der Waals surface area contributed by atoms with Crippen LogP contribution in [0.5, 0.6) is 0 Å². The van der Waals surface area contributed by atoms with Crippen LogP contribution in [0.15, 0.2) is 0 Å². The first-order chi connectivity index (χ1) is 16.7. The normalized spacial score (nSPS) is 16.9. The lowest BCUT2D eigenvalue weighted by Gasteiger charge is -2.25. The van der Waals surface area contributed by atoms with E-state index in [0.717, 1.165) is 19.3 Å². The Kier molecular flexibility index (Phi) is 14.3. The molecule has 0 fully saturated rings. The van der Waals surface area contributed by atoms with E-state index < -0.39 is 22.8 Å². The Morgan fingerprint density at radius 2 is 0.750 bits per heavy atom. The van der Waals surface area contributed by atoms with Gasteiger partial charge >= 0.3 is 22.8 Å². The van der Waals surface area contributed by atoms with Crippen molar-refractivity contribution in [1.29, 1.82) is 0 Å². The minimum Gasteiger partial charge on any atom is -0.324 e. The molecule has 9 nitrogen and oxygen atoms in total. The fourth-order valence-corrected chi connectivity index (χ4v) is 8.03. The summed E-state index contributed by atoms with van der Waals surface area (Å²) in [6, 6.07) is 0. The van der Waals surface area contributed by atoms with Gasteiger partial charge in [-0.25, -0.2) is 0 Å². The quantitative estimate of drug-likeness (QED) is 0.124. The zero-order valence-electron chi connectivity index (χ0n) is 22.6. The summed E-state index contributed by atoms with van der Waals surface area (Å²) in [7, 11) is -12.1. The van der Waals surface area contributed by atoms with E-state index in [2.05, 4.69) is 0 Å². The summed E-state index contributed by atoms with van der Waals surface area (Å²) >= 11 is 0. The molecule has 0 saturated carbocycles. The standard InChI is InChI=1S/C24H45O9P3/c1-7-10-13-31-34(25,26)16-22-19(4)23(17-35(27,28)32-14-11-8-2)21(6)24(20(22)5)18-36(29,30)33-15-12-9-3/h7-18H2,1-6H3,(H,25,26)(H,27,28)(H,29,30). The van der Waals surface area contributed by atoms with Crippen molar-refractivity contribution < 1.29 is 41.9 Å². The second-order valence-electron chi connectivity index (χ2n) is 9.26. The topological polar surface area (TPSA) is 140 Å². The average molecular weight is 571 g/mol. The van der Waals surface area contributed by atoms with Crippen molar-refractivity contribution in [1.82, 2.24) is 0 Å². The fraction of sp³-hybridized carbons (Fsp3) is 0.750. The van der Waals surface area contributed by atoms with Crippen LogP contribution in [-0.2, 0) is 45.8 Å². The summed E-state index contributed by atoms with van der Waals surface area (Å²) < 4.78 is 54.4. The first-order valence-electron chi connectivity index (χ1n) is 12.7. The third-order valence-electron chi connectivity index (χ3n) is 6.16. The van der Waals surface area contributed by atoms with Gasteiger partial charge in [0.05, 0.1) is 38.3 Å². The zero-order chi connectivity index (χ0) is 27.6. The second kappa shape index (κ2) is 15.3. The third kappa shape index (κ3) is 11.2. The third-order valence-corrected chi connectivity index (χ3v) is 10.1.